The number of halogens is 2. The first-order valence-corrected chi connectivity index (χ1v) is 6.45. The van der Waals surface area contributed by atoms with Gasteiger partial charge in [-0.3, -0.25) is 4.79 Å². The highest BCUT2D eigenvalue weighted by Crippen LogP contribution is 2.13. The van der Waals surface area contributed by atoms with Crippen LogP contribution in [0.15, 0.2) is 48.5 Å². The number of Topliss-reactive ketones (excluding diaryl/α,β-unsaturated/α-hetero) is 1. The zero-order chi connectivity index (χ0) is 15.5. The molecule has 110 valence electrons. The van der Waals surface area contributed by atoms with Gasteiger partial charge in [0.05, 0.1) is 0 Å². The van der Waals surface area contributed by atoms with Crippen LogP contribution >= 0.6 is 0 Å². The standard InChI is InChI=1S/C15H10F2N4O/c16-12-7-6-11(8-13(12)17)14(22)9-21-19-15(18-20-21)10-4-2-1-3-5-10/h1-8H,9H2. The summed E-state index contributed by atoms with van der Waals surface area (Å²) in [7, 11) is 0. The number of nitrogens with zero attached hydrogens (tertiary/aromatic N) is 4. The molecule has 0 atom stereocenters. The molecule has 0 saturated carbocycles. The lowest BCUT2D eigenvalue weighted by atomic mass is 10.1. The predicted octanol–water partition coefficient (Wildman–Crippen LogP) is 2.50. The highest BCUT2D eigenvalue weighted by Gasteiger charge is 2.13. The van der Waals surface area contributed by atoms with E-state index < -0.39 is 17.4 Å². The van der Waals surface area contributed by atoms with E-state index in [4.69, 9.17) is 0 Å². The second kappa shape index (κ2) is 5.80. The first-order valence-electron chi connectivity index (χ1n) is 6.45. The topological polar surface area (TPSA) is 60.7 Å². The fourth-order valence-electron chi connectivity index (χ4n) is 1.90. The summed E-state index contributed by atoms with van der Waals surface area (Å²) in [6.45, 7) is -0.203. The minimum atomic E-state index is -1.07. The van der Waals surface area contributed by atoms with Gasteiger partial charge in [-0.15, -0.1) is 10.2 Å². The first kappa shape index (κ1) is 14.0. The van der Waals surface area contributed by atoms with E-state index in [1.54, 1.807) is 0 Å². The maximum atomic E-state index is 13.1. The van der Waals surface area contributed by atoms with Gasteiger partial charge in [0, 0.05) is 11.1 Å². The molecule has 3 aromatic rings. The maximum Gasteiger partial charge on any atom is 0.204 e. The first-order chi connectivity index (χ1) is 10.6. The Hall–Kier alpha value is -2.96. The van der Waals surface area contributed by atoms with Gasteiger partial charge in [0.15, 0.2) is 17.4 Å². The number of tetrazole rings is 1. The van der Waals surface area contributed by atoms with Crippen LogP contribution in [0.4, 0.5) is 8.78 Å². The van der Waals surface area contributed by atoms with Crippen LogP contribution in [0.2, 0.25) is 0 Å². The van der Waals surface area contributed by atoms with Crippen LogP contribution < -0.4 is 0 Å². The lowest BCUT2D eigenvalue weighted by Crippen LogP contribution is -2.13. The number of hydrogen-bond donors (Lipinski definition) is 0. The molecule has 0 aliphatic carbocycles. The summed E-state index contributed by atoms with van der Waals surface area (Å²) in [4.78, 5) is 13.1. The highest BCUT2D eigenvalue weighted by molar-refractivity contribution is 5.95. The molecule has 0 unspecified atom stereocenters. The van der Waals surface area contributed by atoms with E-state index in [0.29, 0.717) is 5.82 Å². The van der Waals surface area contributed by atoms with Crippen molar-refractivity contribution in [1.82, 2.24) is 20.2 Å². The Labute approximate surface area is 124 Å². The highest BCUT2D eigenvalue weighted by atomic mass is 19.2. The Morgan fingerprint density at radius 3 is 2.55 bits per heavy atom. The summed E-state index contributed by atoms with van der Waals surface area (Å²) < 4.78 is 26.0. The van der Waals surface area contributed by atoms with E-state index in [1.807, 2.05) is 30.3 Å². The van der Waals surface area contributed by atoms with Gasteiger partial charge in [0.25, 0.3) is 0 Å². The van der Waals surface area contributed by atoms with Gasteiger partial charge in [-0.1, -0.05) is 30.3 Å². The van der Waals surface area contributed by atoms with E-state index in [2.05, 4.69) is 15.4 Å². The van der Waals surface area contributed by atoms with E-state index in [0.717, 1.165) is 22.5 Å². The Balaban J connectivity index is 1.77. The third kappa shape index (κ3) is 2.88. The maximum absolute atomic E-state index is 13.1. The summed E-state index contributed by atoms with van der Waals surface area (Å²) in [6.07, 6.45) is 0. The van der Waals surface area contributed by atoms with Crippen LogP contribution in [0, 0.1) is 11.6 Å². The van der Waals surface area contributed by atoms with Crippen molar-refractivity contribution in [3.8, 4) is 11.4 Å². The molecule has 22 heavy (non-hydrogen) atoms. The summed E-state index contributed by atoms with van der Waals surface area (Å²) in [5.41, 5.74) is 0.825. The van der Waals surface area contributed by atoms with Crippen molar-refractivity contribution in [2.45, 2.75) is 6.54 Å². The molecule has 1 heterocycles. The monoisotopic (exact) mass is 300 g/mol. The SMILES string of the molecule is O=C(Cn1nnc(-c2ccccc2)n1)c1ccc(F)c(F)c1. The molecule has 0 amide bonds. The van der Waals surface area contributed by atoms with Gasteiger partial charge in [-0.05, 0) is 23.4 Å². The minimum Gasteiger partial charge on any atom is -0.292 e. The predicted molar refractivity (Wildman–Crippen MR) is 73.9 cm³/mol. The van der Waals surface area contributed by atoms with Crippen molar-refractivity contribution in [2.24, 2.45) is 0 Å². The molecule has 0 radical (unpaired) electrons. The van der Waals surface area contributed by atoms with Gasteiger partial charge < -0.3 is 0 Å². The van der Waals surface area contributed by atoms with Crippen LogP contribution in [0.25, 0.3) is 11.4 Å². The molecular weight excluding hydrogens is 290 g/mol. The number of carbonyl (C=O) groups excluding carboxylic acids is 1. The molecule has 7 heteroatoms. The van der Waals surface area contributed by atoms with Crippen molar-refractivity contribution in [3.63, 3.8) is 0 Å². The molecule has 0 aliphatic heterocycles. The van der Waals surface area contributed by atoms with Crippen LogP contribution in [0.3, 0.4) is 0 Å². The number of rotatable bonds is 4. The van der Waals surface area contributed by atoms with Crippen LogP contribution in [-0.2, 0) is 6.54 Å². The third-order valence-corrected chi connectivity index (χ3v) is 3.01. The number of aromatic nitrogens is 4. The van der Waals surface area contributed by atoms with Crippen LogP contribution in [0.1, 0.15) is 10.4 Å². The average molecular weight is 300 g/mol. The van der Waals surface area contributed by atoms with Gasteiger partial charge >= 0.3 is 0 Å². The molecule has 0 aliphatic rings. The van der Waals surface area contributed by atoms with Crippen LogP contribution in [-0.4, -0.2) is 26.0 Å². The summed E-state index contributed by atoms with van der Waals surface area (Å²) in [6, 6.07) is 12.2. The van der Waals surface area contributed by atoms with Crippen molar-refractivity contribution in [3.05, 3.63) is 65.7 Å². The molecule has 0 bridgehead atoms. The van der Waals surface area contributed by atoms with Gasteiger partial charge in [0.1, 0.15) is 6.54 Å². The normalized spacial score (nSPS) is 10.6. The number of benzene rings is 2. The number of carbonyl (C=O) groups is 1. The zero-order valence-electron chi connectivity index (χ0n) is 11.3. The zero-order valence-corrected chi connectivity index (χ0v) is 11.3. The van der Waals surface area contributed by atoms with Crippen molar-refractivity contribution >= 4 is 5.78 Å². The smallest absolute Gasteiger partial charge is 0.204 e. The third-order valence-electron chi connectivity index (χ3n) is 3.01. The molecule has 0 spiro atoms. The number of hydrogen-bond acceptors (Lipinski definition) is 4. The molecule has 2 aromatic carbocycles. The average Bonchev–Trinajstić information content (AvgIpc) is 2.99. The fraction of sp³-hybridized carbons (Fsp3) is 0.0667. The molecule has 5 nitrogen and oxygen atoms in total. The lowest BCUT2D eigenvalue weighted by molar-refractivity contribution is 0.0961. The lowest BCUT2D eigenvalue weighted by Gasteiger charge is -2.00. The second-order valence-corrected chi connectivity index (χ2v) is 4.56. The minimum absolute atomic E-state index is 0.0532. The van der Waals surface area contributed by atoms with Gasteiger partial charge in [-0.25, -0.2) is 8.78 Å². The fourth-order valence-corrected chi connectivity index (χ4v) is 1.90. The quantitative estimate of drug-likeness (QED) is 0.695. The Morgan fingerprint density at radius 2 is 1.82 bits per heavy atom. The molecule has 0 N–H and O–H groups in total. The van der Waals surface area contributed by atoms with Gasteiger partial charge in [0.2, 0.25) is 5.82 Å². The summed E-state index contributed by atoms with van der Waals surface area (Å²) >= 11 is 0. The Morgan fingerprint density at radius 1 is 1.05 bits per heavy atom. The molecule has 0 fully saturated rings. The van der Waals surface area contributed by atoms with E-state index in [-0.39, 0.29) is 12.1 Å². The van der Waals surface area contributed by atoms with E-state index >= 15 is 0 Å². The van der Waals surface area contributed by atoms with E-state index in [9.17, 15) is 13.6 Å². The molecule has 1 aromatic heterocycles. The Kier molecular flexibility index (Phi) is 3.69. The van der Waals surface area contributed by atoms with E-state index in [1.165, 1.54) is 6.07 Å². The molecule has 3 rings (SSSR count). The van der Waals surface area contributed by atoms with Gasteiger partial charge in [-0.2, -0.15) is 4.80 Å². The van der Waals surface area contributed by atoms with Crippen molar-refractivity contribution in [1.29, 1.82) is 0 Å². The molecule has 0 saturated heterocycles. The number of ketones is 1. The van der Waals surface area contributed by atoms with Crippen LogP contribution in [0.5, 0.6) is 0 Å². The second-order valence-electron chi connectivity index (χ2n) is 4.56. The molecular formula is C15H10F2N4O. The summed E-state index contributed by atoms with van der Waals surface area (Å²) in [5, 5.41) is 11.7. The van der Waals surface area contributed by atoms with Crippen molar-refractivity contribution < 1.29 is 13.6 Å². The van der Waals surface area contributed by atoms with Crippen molar-refractivity contribution in [2.75, 3.05) is 0 Å². The largest absolute Gasteiger partial charge is 0.292 e. The summed E-state index contributed by atoms with van der Waals surface area (Å²) in [5.74, 6) is -2.11. The Bertz CT molecular complexity index is 817.